The second-order valence-corrected chi connectivity index (χ2v) is 5.87. The van der Waals surface area contributed by atoms with Crippen molar-refractivity contribution in [3.8, 4) is 0 Å². The smallest absolute Gasteiger partial charge is 0.220 e. The number of carbonyl (C=O) groups excluding carboxylic acids is 1. The van der Waals surface area contributed by atoms with E-state index in [0.29, 0.717) is 24.8 Å². The van der Waals surface area contributed by atoms with E-state index >= 15 is 0 Å². The van der Waals surface area contributed by atoms with Crippen molar-refractivity contribution in [3.63, 3.8) is 0 Å². The van der Waals surface area contributed by atoms with E-state index in [-0.39, 0.29) is 11.9 Å². The maximum atomic E-state index is 12.0. The van der Waals surface area contributed by atoms with Crippen LogP contribution in [0.1, 0.15) is 40.0 Å². The zero-order valence-corrected chi connectivity index (χ0v) is 12.7. The second-order valence-electron chi connectivity index (χ2n) is 5.87. The van der Waals surface area contributed by atoms with Gasteiger partial charge in [0.25, 0.3) is 0 Å². The molecule has 0 aromatic rings. The third-order valence-electron chi connectivity index (χ3n) is 3.09. The fourth-order valence-electron chi connectivity index (χ4n) is 2.13. The topological polar surface area (TPSA) is 58.4 Å². The molecule has 3 N–H and O–H groups in total. The molecule has 108 valence electrons. The van der Waals surface area contributed by atoms with Crippen LogP contribution in [0.4, 0.5) is 0 Å². The Labute approximate surface area is 112 Å². The first kappa shape index (κ1) is 17.4. The summed E-state index contributed by atoms with van der Waals surface area (Å²) in [4.78, 5) is 14.1. The molecule has 4 heteroatoms. The van der Waals surface area contributed by atoms with E-state index in [1.165, 1.54) is 0 Å². The number of nitrogens with one attached hydrogen (secondary N) is 1. The van der Waals surface area contributed by atoms with Gasteiger partial charge in [-0.1, -0.05) is 27.2 Å². The molecule has 0 saturated heterocycles. The summed E-state index contributed by atoms with van der Waals surface area (Å²) in [5.74, 6) is 1.04. The summed E-state index contributed by atoms with van der Waals surface area (Å²) in [6.07, 6.45) is 2.53. The Balaban J connectivity index is 4.24. The van der Waals surface area contributed by atoms with Crippen LogP contribution in [-0.4, -0.2) is 44.0 Å². The quantitative estimate of drug-likeness (QED) is 0.657. The number of nitrogens with two attached hydrogens (primary N) is 1. The van der Waals surface area contributed by atoms with Crippen LogP contribution in [0.25, 0.3) is 0 Å². The maximum absolute atomic E-state index is 12.0. The molecule has 0 aromatic carbocycles. The van der Waals surface area contributed by atoms with Crippen LogP contribution in [0.15, 0.2) is 0 Å². The van der Waals surface area contributed by atoms with Gasteiger partial charge >= 0.3 is 0 Å². The van der Waals surface area contributed by atoms with Crippen molar-refractivity contribution < 1.29 is 4.79 Å². The first-order valence-electron chi connectivity index (χ1n) is 7.03. The van der Waals surface area contributed by atoms with Crippen LogP contribution in [0.2, 0.25) is 0 Å². The summed E-state index contributed by atoms with van der Waals surface area (Å²) in [7, 11) is 4.07. The van der Waals surface area contributed by atoms with Gasteiger partial charge in [0.05, 0.1) is 0 Å². The van der Waals surface area contributed by atoms with Gasteiger partial charge in [-0.2, -0.15) is 0 Å². The SMILES string of the molecule is CCC(CN)CC(=O)NC(CC(C)C)CN(C)C. The van der Waals surface area contributed by atoms with Crippen molar-refractivity contribution in [3.05, 3.63) is 0 Å². The van der Waals surface area contributed by atoms with Gasteiger partial charge in [0.15, 0.2) is 0 Å². The summed E-state index contributed by atoms with van der Waals surface area (Å²) in [5.41, 5.74) is 5.64. The molecule has 18 heavy (non-hydrogen) atoms. The Kier molecular flexibility index (Phi) is 9.02. The van der Waals surface area contributed by atoms with E-state index in [2.05, 4.69) is 31.0 Å². The molecule has 0 saturated carbocycles. The van der Waals surface area contributed by atoms with Crippen LogP contribution in [0, 0.1) is 11.8 Å². The van der Waals surface area contributed by atoms with Gasteiger partial charge in [0.1, 0.15) is 0 Å². The Morgan fingerprint density at radius 3 is 2.33 bits per heavy atom. The Morgan fingerprint density at radius 1 is 1.33 bits per heavy atom. The van der Waals surface area contributed by atoms with Crippen molar-refractivity contribution in [1.82, 2.24) is 10.2 Å². The summed E-state index contributed by atoms with van der Waals surface area (Å²) < 4.78 is 0. The highest BCUT2D eigenvalue weighted by molar-refractivity contribution is 5.76. The van der Waals surface area contributed by atoms with Crippen molar-refractivity contribution in [2.75, 3.05) is 27.2 Å². The van der Waals surface area contributed by atoms with Crippen molar-refractivity contribution >= 4 is 5.91 Å². The molecule has 0 rings (SSSR count). The molecule has 2 atom stereocenters. The standard InChI is InChI=1S/C14H31N3O/c1-6-12(9-15)8-14(18)16-13(7-11(2)3)10-17(4)5/h11-13H,6-10,15H2,1-5H3,(H,16,18). The highest BCUT2D eigenvalue weighted by Crippen LogP contribution is 2.09. The average molecular weight is 257 g/mol. The molecule has 0 spiro atoms. The second kappa shape index (κ2) is 9.34. The van der Waals surface area contributed by atoms with E-state index < -0.39 is 0 Å². The van der Waals surface area contributed by atoms with Gasteiger partial charge in [-0.05, 0) is 38.9 Å². The maximum Gasteiger partial charge on any atom is 0.220 e. The molecule has 0 aliphatic carbocycles. The lowest BCUT2D eigenvalue weighted by molar-refractivity contribution is -0.122. The normalized spacial score (nSPS) is 14.9. The first-order valence-corrected chi connectivity index (χ1v) is 7.03. The highest BCUT2D eigenvalue weighted by Gasteiger charge is 2.17. The third-order valence-corrected chi connectivity index (χ3v) is 3.09. The number of rotatable bonds is 9. The predicted molar refractivity (Wildman–Crippen MR) is 77.4 cm³/mol. The first-order chi connectivity index (χ1) is 8.38. The molecule has 1 amide bonds. The lowest BCUT2D eigenvalue weighted by Crippen LogP contribution is -2.43. The Morgan fingerprint density at radius 2 is 1.94 bits per heavy atom. The number of nitrogens with zero attached hydrogens (tertiary/aromatic N) is 1. The van der Waals surface area contributed by atoms with Crippen LogP contribution < -0.4 is 11.1 Å². The molecule has 4 nitrogen and oxygen atoms in total. The fourth-order valence-corrected chi connectivity index (χ4v) is 2.13. The molecular weight excluding hydrogens is 226 g/mol. The zero-order valence-electron chi connectivity index (χ0n) is 12.7. The summed E-state index contributed by atoms with van der Waals surface area (Å²) in [5, 5.41) is 3.14. The van der Waals surface area contributed by atoms with Gasteiger partial charge in [-0.25, -0.2) is 0 Å². The third kappa shape index (κ3) is 8.48. The molecule has 0 aliphatic rings. The largest absolute Gasteiger partial charge is 0.352 e. The minimum Gasteiger partial charge on any atom is -0.352 e. The van der Waals surface area contributed by atoms with Gasteiger partial charge in [-0.15, -0.1) is 0 Å². The van der Waals surface area contributed by atoms with Crippen LogP contribution in [-0.2, 0) is 4.79 Å². The zero-order chi connectivity index (χ0) is 14.1. The van der Waals surface area contributed by atoms with Gasteiger partial charge < -0.3 is 16.0 Å². The summed E-state index contributed by atoms with van der Waals surface area (Å²) >= 11 is 0. The molecular formula is C14H31N3O. The summed E-state index contributed by atoms with van der Waals surface area (Å²) in [6.45, 7) is 7.93. The summed E-state index contributed by atoms with van der Waals surface area (Å²) in [6, 6.07) is 0.239. The molecule has 0 bridgehead atoms. The number of carbonyl (C=O) groups is 1. The van der Waals surface area contributed by atoms with Crippen LogP contribution >= 0.6 is 0 Å². The van der Waals surface area contributed by atoms with Crippen molar-refractivity contribution in [2.45, 2.75) is 46.1 Å². The fraction of sp³-hybridized carbons (Fsp3) is 0.929. The highest BCUT2D eigenvalue weighted by atomic mass is 16.1. The lowest BCUT2D eigenvalue weighted by atomic mass is 10.0. The molecule has 0 fully saturated rings. The van der Waals surface area contributed by atoms with E-state index in [0.717, 1.165) is 19.4 Å². The Hall–Kier alpha value is -0.610. The van der Waals surface area contributed by atoms with E-state index in [4.69, 9.17) is 5.73 Å². The monoisotopic (exact) mass is 257 g/mol. The lowest BCUT2D eigenvalue weighted by Gasteiger charge is -2.24. The van der Waals surface area contributed by atoms with E-state index in [9.17, 15) is 4.79 Å². The van der Waals surface area contributed by atoms with E-state index in [1.54, 1.807) is 0 Å². The van der Waals surface area contributed by atoms with Crippen LogP contribution in [0.3, 0.4) is 0 Å². The molecule has 0 aromatic heterocycles. The predicted octanol–water partition coefficient (Wildman–Crippen LogP) is 1.45. The van der Waals surface area contributed by atoms with Gasteiger partial charge in [0.2, 0.25) is 5.91 Å². The number of likely N-dealkylation sites (N-methyl/N-ethyl adjacent to an activating group) is 1. The number of hydrogen-bond acceptors (Lipinski definition) is 3. The van der Waals surface area contributed by atoms with Gasteiger partial charge in [0, 0.05) is 19.0 Å². The van der Waals surface area contributed by atoms with Crippen molar-refractivity contribution in [1.29, 1.82) is 0 Å². The molecule has 0 aliphatic heterocycles. The Bertz CT molecular complexity index is 215. The minimum absolute atomic E-state index is 0.139. The van der Waals surface area contributed by atoms with Gasteiger partial charge in [-0.3, -0.25) is 4.79 Å². The number of amides is 1. The molecule has 0 radical (unpaired) electrons. The van der Waals surface area contributed by atoms with E-state index in [1.807, 2.05) is 14.1 Å². The molecule has 0 heterocycles. The van der Waals surface area contributed by atoms with Crippen LogP contribution in [0.5, 0.6) is 0 Å². The average Bonchev–Trinajstić information content (AvgIpc) is 2.23. The molecule has 2 unspecified atom stereocenters. The number of hydrogen-bond donors (Lipinski definition) is 2. The minimum atomic E-state index is 0.139. The van der Waals surface area contributed by atoms with Crippen molar-refractivity contribution in [2.24, 2.45) is 17.6 Å².